The minimum absolute atomic E-state index is 0.149. The Morgan fingerprint density at radius 2 is 1.64 bits per heavy atom. The van der Waals surface area contributed by atoms with E-state index in [1.165, 1.54) is 18.2 Å². The fraction of sp³-hybridized carbons (Fsp3) is 0.458. The number of carbonyl (C=O) groups excluding carboxylic acids is 1. The van der Waals surface area contributed by atoms with E-state index in [9.17, 15) is 9.90 Å². The summed E-state index contributed by atoms with van der Waals surface area (Å²) in [6, 6.07) is 21.0. The number of likely N-dealkylation sites (tertiary alicyclic amines) is 1. The van der Waals surface area contributed by atoms with Crippen molar-refractivity contribution in [3.63, 3.8) is 0 Å². The molecule has 0 amide bonds. The summed E-state index contributed by atoms with van der Waals surface area (Å²) in [4.78, 5) is 14.9. The summed E-state index contributed by atoms with van der Waals surface area (Å²) < 4.78 is 5.15. The fourth-order valence-corrected chi connectivity index (χ4v) is 5.14. The summed E-state index contributed by atoms with van der Waals surface area (Å²) in [7, 11) is 1.48. The van der Waals surface area contributed by atoms with Gasteiger partial charge in [0.25, 0.3) is 0 Å². The van der Waals surface area contributed by atoms with Crippen LogP contribution < -0.4 is 0 Å². The zero-order valence-electron chi connectivity index (χ0n) is 16.4. The first kappa shape index (κ1) is 19.2. The largest absolute Gasteiger partial charge is 0.468 e. The van der Waals surface area contributed by atoms with E-state index in [2.05, 4.69) is 53.4 Å². The third kappa shape index (κ3) is 3.85. The molecule has 0 bridgehead atoms. The molecule has 4 nitrogen and oxygen atoms in total. The molecule has 1 aliphatic heterocycles. The second kappa shape index (κ2) is 8.46. The number of carbonyl (C=O) groups is 1. The molecule has 1 aliphatic carbocycles. The van der Waals surface area contributed by atoms with Gasteiger partial charge < -0.3 is 9.84 Å². The molecule has 2 fully saturated rings. The van der Waals surface area contributed by atoms with Crippen molar-refractivity contribution in [2.75, 3.05) is 13.7 Å². The van der Waals surface area contributed by atoms with Crippen LogP contribution in [0.5, 0.6) is 0 Å². The van der Waals surface area contributed by atoms with Gasteiger partial charge in [-0.05, 0) is 42.7 Å². The average Bonchev–Trinajstić information content (AvgIpc) is 3.10. The van der Waals surface area contributed by atoms with Crippen molar-refractivity contribution >= 4 is 5.97 Å². The zero-order chi connectivity index (χ0) is 19.5. The SMILES string of the molecule is COC(=O)[C@H]1C[C@@H]2CC[C@H](O)C[C@@H]2N1CC(c1ccccc1)c1ccccc1. The lowest BCUT2D eigenvalue weighted by molar-refractivity contribution is -0.146. The predicted molar refractivity (Wildman–Crippen MR) is 109 cm³/mol. The number of nitrogens with zero attached hydrogens (tertiary/aromatic N) is 1. The molecule has 4 heteroatoms. The molecule has 28 heavy (non-hydrogen) atoms. The Hall–Kier alpha value is -2.17. The molecule has 2 aliphatic rings. The topological polar surface area (TPSA) is 49.8 Å². The third-order valence-electron chi connectivity index (χ3n) is 6.55. The fourth-order valence-electron chi connectivity index (χ4n) is 5.14. The number of fused-ring (bicyclic) bond motifs is 1. The van der Waals surface area contributed by atoms with Crippen molar-refractivity contribution in [1.82, 2.24) is 4.90 Å². The van der Waals surface area contributed by atoms with Crippen molar-refractivity contribution < 1.29 is 14.6 Å². The molecule has 148 valence electrons. The van der Waals surface area contributed by atoms with E-state index < -0.39 is 0 Å². The van der Waals surface area contributed by atoms with Gasteiger partial charge in [-0.15, -0.1) is 0 Å². The lowest BCUT2D eigenvalue weighted by atomic mass is 9.82. The van der Waals surface area contributed by atoms with Crippen molar-refractivity contribution in [3.05, 3.63) is 71.8 Å². The van der Waals surface area contributed by atoms with Gasteiger partial charge in [0.1, 0.15) is 6.04 Å². The van der Waals surface area contributed by atoms with Crippen LogP contribution >= 0.6 is 0 Å². The van der Waals surface area contributed by atoms with E-state index >= 15 is 0 Å². The third-order valence-corrected chi connectivity index (χ3v) is 6.55. The zero-order valence-corrected chi connectivity index (χ0v) is 16.4. The summed E-state index contributed by atoms with van der Waals surface area (Å²) in [5.41, 5.74) is 2.49. The maximum absolute atomic E-state index is 12.6. The first-order valence-electron chi connectivity index (χ1n) is 10.3. The summed E-state index contributed by atoms with van der Waals surface area (Å²) >= 11 is 0. The van der Waals surface area contributed by atoms with Gasteiger partial charge in [0, 0.05) is 18.5 Å². The molecule has 2 aromatic carbocycles. The Morgan fingerprint density at radius 3 is 2.21 bits per heavy atom. The highest BCUT2D eigenvalue weighted by Crippen LogP contribution is 2.42. The van der Waals surface area contributed by atoms with E-state index in [1.54, 1.807) is 0 Å². The number of aliphatic hydroxyl groups excluding tert-OH is 1. The molecule has 0 radical (unpaired) electrons. The van der Waals surface area contributed by atoms with Crippen LogP contribution in [0, 0.1) is 5.92 Å². The van der Waals surface area contributed by atoms with Crippen LogP contribution in [0.1, 0.15) is 42.7 Å². The second-order valence-electron chi connectivity index (χ2n) is 8.14. The van der Waals surface area contributed by atoms with E-state index in [1.807, 2.05) is 12.1 Å². The highest BCUT2D eigenvalue weighted by Gasteiger charge is 2.47. The molecule has 1 saturated carbocycles. The summed E-state index contributed by atoms with van der Waals surface area (Å²) in [6.07, 6.45) is 3.13. The Labute approximate surface area is 167 Å². The van der Waals surface area contributed by atoms with Crippen LogP contribution in [0.3, 0.4) is 0 Å². The number of methoxy groups -OCH3 is 1. The Morgan fingerprint density at radius 1 is 1.04 bits per heavy atom. The first-order valence-corrected chi connectivity index (χ1v) is 10.3. The lowest BCUT2D eigenvalue weighted by Gasteiger charge is -2.37. The van der Waals surface area contributed by atoms with Gasteiger partial charge in [-0.25, -0.2) is 0 Å². The molecule has 0 aromatic heterocycles. The second-order valence-corrected chi connectivity index (χ2v) is 8.14. The summed E-state index contributed by atoms with van der Waals surface area (Å²) in [5.74, 6) is 0.482. The molecular formula is C24H29NO3. The van der Waals surface area contributed by atoms with Crippen molar-refractivity contribution in [2.24, 2.45) is 5.92 Å². The van der Waals surface area contributed by atoms with Gasteiger partial charge in [-0.2, -0.15) is 0 Å². The van der Waals surface area contributed by atoms with Gasteiger partial charge in [0.15, 0.2) is 0 Å². The molecule has 4 atom stereocenters. The molecule has 2 aromatic rings. The van der Waals surface area contributed by atoms with E-state index in [0.29, 0.717) is 5.92 Å². The smallest absolute Gasteiger partial charge is 0.323 e. The number of esters is 1. The number of ether oxygens (including phenoxy) is 1. The molecule has 0 spiro atoms. The van der Waals surface area contributed by atoms with Crippen molar-refractivity contribution in [2.45, 2.75) is 49.8 Å². The number of rotatable bonds is 5. The Kier molecular flexibility index (Phi) is 5.79. The quantitative estimate of drug-likeness (QED) is 0.807. The predicted octanol–water partition coefficient (Wildman–Crippen LogP) is 3.60. The van der Waals surface area contributed by atoms with Crippen LogP contribution in [0.4, 0.5) is 0 Å². The molecule has 4 rings (SSSR count). The normalized spacial score (nSPS) is 27.5. The highest BCUT2D eigenvalue weighted by molar-refractivity contribution is 5.76. The molecular weight excluding hydrogens is 350 g/mol. The maximum Gasteiger partial charge on any atom is 0.323 e. The number of benzene rings is 2. The Bertz CT molecular complexity index is 739. The van der Waals surface area contributed by atoms with E-state index in [0.717, 1.165) is 32.2 Å². The molecule has 1 saturated heterocycles. The minimum Gasteiger partial charge on any atom is -0.468 e. The monoisotopic (exact) mass is 379 g/mol. The number of hydrogen-bond acceptors (Lipinski definition) is 4. The van der Waals surface area contributed by atoms with Gasteiger partial charge in [0.2, 0.25) is 0 Å². The number of aliphatic hydroxyl groups is 1. The van der Waals surface area contributed by atoms with Crippen LogP contribution in [0.25, 0.3) is 0 Å². The van der Waals surface area contributed by atoms with E-state index in [-0.39, 0.29) is 30.1 Å². The van der Waals surface area contributed by atoms with Gasteiger partial charge in [0.05, 0.1) is 13.2 Å². The van der Waals surface area contributed by atoms with Gasteiger partial charge >= 0.3 is 5.97 Å². The number of hydrogen-bond donors (Lipinski definition) is 1. The molecule has 1 heterocycles. The summed E-state index contributed by atoms with van der Waals surface area (Å²) in [6.45, 7) is 0.752. The van der Waals surface area contributed by atoms with E-state index in [4.69, 9.17) is 4.74 Å². The van der Waals surface area contributed by atoms with Crippen LogP contribution in [-0.2, 0) is 9.53 Å². The van der Waals surface area contributed by atoms with Gasteiger partial charge in [-0.3, -0.25) is 9.69 Å². The van der Waals surface area contributed by atoms with Crippen molar-refractivity contribution in [1.29, 1.82) is 0 Å². The molecule has 1 N–H and O–H groups in total. The Balaban J connectivity index is 1.67. The lowest BCUT2D eigenvalue weighted by Crippen LogP contribution is -2.46. The first-order chi connectivity index (χ1) is 13.7. The van der Waals surface area contributed by atoms with Crippen LogP contribution in [-0.4, -0.2) is 47.8 Å². The summed E-state index contributed by atoms with van der Waals surface area (Å²) in [5, 5.41) is 10.3. The van der Waals surface area contributed by atoms with Gasteiger partial charge in [-0.1, -0.05) is 60.7 Å². The molecule has 0 unspecified atom stereocenters. The highest BCUT2D eigenvalue weighted by atomic mass is 16.5. The minimum atomic E-state index is -0.271. The standard InChI is InChI=1S/C24H29NO3/c1-28-24(27)23-14-19-12-13-20(26)15-22(19)25(23)16-21(17-8-4-2-5-9-17)18-10-6-3-7-11-18/h2-11,19-23,26H,12-16H2,1H3/t19-,20-,22-,23+/m0/s1. The average molecular weight is 380 g/mol. The van der Waals surface area contributed by atoms with Crippen molar-refractivity contribution in [3.8, 4) is 0 Å². The van der Waals surface area contributed by atoms with Crippen LogP contribution in [0.2, 0.25) is 0 Å². The maximum atomic E-state index is 12.6. The van der Waals surface area contributed by atoms with Crippen LogP contribution in [0.15, 0.2) is 60.7 Å².